The summed E-state index contributed by atoms with van der Waals surface area (Å²) < 4.78 is 0. The molecule has 3 rings (SSSR count). The number of fused-ring (bicyclic) bond motifs is 1. The third kappa shape index (κ3) is 3.47. The van der Waals surface area contributed by atoms with Crippen LogP contribution in [-0.2, 0) is 13.0 Å². The second kappa shape index (κ2) is 6.63. The minimum Gasteiger partial charge on any atom is -0.369 e. The largest absolute Gasteiger partial charge is 0.369 e. The topological polar surface area (TPSA) is 15.3 Å². The number of thiophene rings is 1. The molecule has 0 saturated heterocycles. The van der Waals surface area contributed by atoms with E-state index in [0.717, 1.165) is 26.1 Å². The van der Waals surface area contributed by atoms with Crippen molar-refractivity contribution in [3.8, 4) is 0 Å². The maximum Gasteiger partial charge on any atom is 0.0412 e. The molecule has 0 radical (unpaired) electrons. The molecule has 1 aromatic carbocycles. The quantitative estimate of drug-likeness (QED) is 0.920. The van der Waals surface area contributed by atoms with E-state index < -0.39 is 0 Å². The van der Waals surface area contributed by atoms with Crippen molar-refractivity contribution in [3.63, 3.8) is 0 Å². The number of anilines is 1. The van der Waals surface area contributed by atoms with Crippen LogP contribution >= 0.6 is 11.3 Å². The van der Waals surface area contributed by atoms with E-state index in [1.54, 1.807) is 0 Å². The summed E-state index contributed by atoms with van der Waals surface area (Å²) in [5.74, 6) is 0.656. The lowest BCUT2D eigenvalue weighted by Gasteiger charge is -2.29. The van der Waals surface area contributed by atoms with Crippen LogP contribution in [0, 0.1) is 5.92 Å². The second-order valence-corrected chi connectivity index (χ2v) is 7.17. The van der Waals surface area contributed by atoms with Crippen molar-refractivity contribution >= 4 is 17.0 Å². The van der Waals surface area contributed by atoms with Gasteiger partial charge >= 0.3 is 0 Å². The Labute approximate surface area is 131 Å². The lowest BCUT2D eigenvalue weighted by atomic mass is 10.0. The van der Waals surface area contributed by atoms with Crippen LogP contribution in [0.1, 0.15) is 24.3 Å². The number of hydrogen-bond donors (Lipinski definition) is 1. The van der Waals surface area contributed by atoms with Crippen LogP contribution in [-0.4, -0.2) is 19.1 Å². The zero-order valence-electron chi connectivity index (χ0n) is 12.9. The van der Waals surface area contributed by atoms with Crippen LogP contribution in [0.4, 0.5) is 5.69 Å². The van der Waals surface area contributed by atoms with E-state index in [1.807, 2.05) is 11.3 Å². The fourth-order valence-electron chi connectivity index (χ4n) is 2.97. The van der Waals surface area contributed by atoms with Gasteiger partial charge in [0.15, 0.2) is 0 Å². The Morgan fingerprint density at radius 3 is 2.86 bits per heavy atom. The molecule has 0 fully saturated rings. The van der Waals surface area contributed by atoms with E-state index in [0.29, 0.717) is 12.0 Å². The van der Waals surface area contributed by atoms with Crippen LogP contribution in [0.3, 0.4) is 0 Å². The van der Waals surface area contributed by atoms with E-state index >= 15 is 0 Å². The van der Waals surface area contributed by atoms with E-state index in [4.69, 9.17) is 0 Å². The number of rotatable bonds is 4. The number of nitrogens with one attached hydrogen (secondary N) is 1. The van der Waals surface area contributed by atoms with Crippen molar-refractivity contribution in [1.82, 2.24) is 5.32 Å². The summed E-state index contributed by atoms with van der Waals surface area (Å²) in [5, 5.41) is 5.89. The van der Waals surface area contributed by atoms with Crippen molar-refractivity contribution in [2.45, 2.75) is 32.9 Å². The Bertz CT molecular complexity index is 562. The van der Waals surface area contributed by atoms with Crippen molar-refractivity contribution in [3.05, 3.63) is 52.2 Å². The molecule has 21 heavy (non-hydrogen) atoms. The summed E-state index contributed by atoms with van der Waals surface area (Å²) in [6.45, 7) is 7.80. The number of nitrogens with zero attached hydrogens (tertiary/aromatic N) is 1. The van der Waals surface area contributed by atoms with Gasteiger partial charge in [-0.15, -0.1) is 11.3 Å². The predicted octanol–water partition coefficient (Wildman–Crippen LogP) is 3.93. The van der Waals surface area contributed by atoms with E-state index in [2.05, 4.69) is 65.8 Å². The first-order valence-corrected chi connectivity index (χ1v) is 8.70. The van der Waals surface area contributed by atoms with Gasteiger partial charge in [0.2, 0.25) is 0 Å². The maximum absolute atomic E-state index is 3.72. The summed E-state index contributed by atoms with van der Waals surface area (Å²) in [6.07, 6.45) is 1.14. The Morgan fingerprint density at radius 1 is 1.24 bits per heavy atom. The standard InChI is InChI=1S/C18H24N2S/c1-14(2)17-13-20(10-9-16-7-5-11-21-16)18-8-4-3-6-15(18)12-19-17/h3-8,11,14,17,19H,9-10,12-13H2,1-2H3. The third-order valence-corrected chi connectivity index (χ3v) is 5.25. The first-order valence-electron chi connectivity index (χ1n) is 7.82. The Balaban J connectivity index is 1.79. The summed E-state index contributed by atoms with van der Waals surface area (Å²) >= 11 is 1.86. The van der Waals surface area contributed by atoms with Gasteiger partial charge in [-0.05, 0) is 35.4 Å². The van der Waals surface area contributed by atoms with Crippen LogP contribution in [0.2, 0.25) is 0 Å². The van der Waals surface area contributed by atoms with Crippen LogP contribution < -0.4 is 10.2 Å². The molecule has 0 bridgehead atoms. The lowest BCUT2D eigenvalue weighted by Crippen LogP contribution is -2.42. The molecule has 0 aliphatic carbocycles. The van der Waals surface area contributed by atoms with Crippen LogP contribution in [0.25, 0.3) is 0 Å². The van der Waals surface area contributed by atoms with Gasteiger partial charge in [0, 0.05) is 36.2 Å². The predicted molar refractivity (Wildman–Crippen MR) is 92.1 cm³/mol. The van der Waals surface area contributed by atoms with Crippen LogP contribution in [0.5, 0.6) is 0 Å². The first kappa shape index (κ1) is 14.6. The molecular weight excluding hydrogens is 276 g/mol. The molecular formula is C18H24N2S. The SMILES string of the molecule is CC(C)C1CN(CCc2cccs2)c2ccccc2CN1. The average Bonchev–Trinajstić information content (AvgIpc) is 2.93. The van der Waals surface area contributed by atoms with Gasteiger partial charge in [0.1, 0.15) is 0 Å². The van der Waals surface area contributed by atoms with E-state index in [9.17, 15) is 0 Å². The van der Waals surface area contributed by atoms with Gasteiger partial charge in [0.05, 0.1) is 0 Å². The van der Waals surface area contributed by atoms with E-state index in [1.165, 1.54) is 16.1 Å². The molecule has 1 N–H and O–H groups in total. The van der Waals surface area contributed by atoms with Crippen LogP contribution in [0.15, 0.2) is 41.8 Å². The Kier molecular flexibility index (Phi) is 4.61. The molecule has 112 valence electrons. The summed E-state index contributed by atoms with van der Waals surface area (Å²) in [4.78, 5) is 4.05. The number of hydrogen-bond acceptors (Lipinski definition) is 3. The number of benzene rings is 1. The molecule has 2 aromatic rings. The smallest absolute Gasteiger partial charge is 0.0412 e. The molecule has 3 heteroatoms. The zero-order chi connectivity index (χ0) is 14.7. The molecule has 1 atom stereocenters. The minimum absolute atomic E-state index is 0.556. The van der Waals surface area contributed by atoms with Gasteiger partial charge in [-0.2, -0.15) is 0 Å². The monoisotopic (exact) mass is 300 g/mol. The molecule has 0 saturated carbocycles. The van der Waals surface area contributed by atoms with Crippen molar-refractivity contribution in [1.29, 1.82) is 0 Å². The maximum atomic E-state index is 3.72. The first-order chi connectivity index (χ1) is 10.2. The van der Waals surface area contributed by atoms with E-state index in [-0.39, 0.29) is 0 Å². The van der Waals surface area contributed by atoms with Gasteiger partial charge < -0.3 is 10.2 Å². The fourth-order valence-corrected chi connectivity index (χ4v) is 3.67. The highest BCUT2D eigenvalue weighted by Crippen LogP contribution is 2.25. The Morgan fingerprint density at radius 2 is 2.10 bits per heavy atom. The molecule has 2 heterocycles. The zero-order valence-corrected chi connectivity index (χ0v) is 13.7. The highest BCUT2D eigenvalue weighted by atomic mass is 32.1. The molecule has 1 unspecified atom stereocenters. The summed E-state index contributed by atoms with van der Waals surface area (Å²) in [5.41, 5.74) is 2.83. The third-order valence-electron chi connectivity index (χ3n) is 4.32. The molecule has 0 spiro atoms. The normalized spacial score (nSPS) is 18.6. The second-order valence-electron chi connectivity index (χ2n) is 6.14. The molecule has 1 aliphatic rings. The van der Waals surface area contributed by atoms with Gasteiger partial charge in [-0.3, -0.25) is 0 Å². The van der Waals surface area contributed by atoms with Gasteiger partial charge in [-0.25, -0.2) is 0 Å². The molecule has 2 nitrogen and oxygen atoms in total. The van der Waals surface area contributed by atoms with Crippen molar-refractivity contribution in [2.75, 3.05) is 18.0 Å². The Hall–Kier alpha value is -1.32. The van der Waals surface area contributed by atoms with Gasteiger partial charge in [0.25, 0.3) is 0 Å². The fraction of sp³-hybridized carbons (Fsp3) is 0.444. The summed E-state index contributed by atoms with van der Waals surface area (Å²) in [7, 11) is 0. The van der Waals surface area contributed by atoms with Crippen molar-refractivity contribution in [2.24, 2.45) is 5.92 Å². The lowest BCUT2D eigenvalue weighted by molar-refractivity contribution is 0.404. The molecule has 1 aromatic heterocycles. The van der Waals surface area contributed by atoms with Gasteiger partial charge in [-0.1, -0.05) is 38.1 Å². The highest BCUT2D eigenvalue weighted by molar-refractivity contribution is 7.09. The summed E-state index contributed by atoms with van der Waals surface area (Å²) in [6, 6.07) is 13.8. The minimum atomic E-state index is 0.556. The average molecular weight is 300 g/mol. The highest BCUT2D eigenvalue weighted by Gasteiger charge is 2.23. The number of para-hydroxylation sites is 1. The molecule has 0 amide bonds. The van der Waals surface area contributed by atoms with Crippen molar-refractivity contribution < 1.29 is 0 Å². The molecule has 1 aliphatic heterocycles.